The van der Waals surface area contributed by atoms with Crippen LogP contribution in [-0.4, -0.2) is 16.3 Å². The number of aromatic nitrogens is 2. The van der Waals surface area contributed by atoms with Crippen LogP contribution in [0.25, 0.3) is 0 Å². The van der Waals surface area contributed by atoms with Gasteiger partial charge >= 0.3 is 0 Å². The molecule has 1 aliphatic rings. The van der Waals surface area contributed by atoms with Crippen LogP contribution in [0.15, 0.2) is 10.9 Å². The molecule has 0 spiro atoms. The lowest BCUT2D eigenvalue weighted by Gasteiger charge is -2.17. The minimum absolute atomic E-state index is 0.0508. The highest BCUT2D eigenvalue weighted by Gasteiger charge is 2.12. The molecule has 1 N–H and O–H groups in total. The topological polar surface area (TPSA) is 46.9 Å². The molecule has 84 valence electrons. The summed E-state index contributed by atoms with van der Waals surface area (Å²) < 4.78 is 1.52. The summed E-state index contributed by atoms with van der Waals surface area (Å²) in [6, 6.07) is 1.64. The Morgan fingerprint density at radius 3 is 3.31 bits per heavy atom. The van der Waals surface area contributed by atoms with Gasteiger partial charge in [0.2, 0.25) is 0 Å². The number of hydrogen-bond acceptors (Lipinski definition) is 3. The van der Waals surface area contributed by atoms with Crippen molar-refractivity contribution in [2.24, 2.45) is 0 Å². The molecule has 16 heavy (non-hydrogen) atoms. The molecule has 0 unspecified atom stereocenters. The minimum atomic E-state index is -0.0508. The van der Waals surface area contributed by atoms with Gasteiger partial charge in [0.1, 0.15) is 0 Å². The van der Waals surface area contributed by atoms with Crippen molar-refractivity contribution in [1.82, 2.24) is 9.78 Å². The van der Waals surface area contributed by atoms with E-state index in [-0.39, 0.29) is 5.56 Å². The summed E-state index contributed by atoms with van der Waals surface area (Å²) >= 11 is 0. The molecule has 0 saturated carbocycles. The first-order valence-electron chi connectivity index (χ1n) is 5.59. The lowest BCUT2D eigenvalue weighted by Crippen LogP contribution is -2.27. The first kappa shape index (κ1) is 10.7. The Morgan fingerprint density at radius 1 is 1.62 bits per heavy atom. The molecule has 0 aromatic carbocycles. The van der Waals surface area contributed by atoms with E-state index in [9.17, 15) is 4.79 Å². The van der Waals surface area contributed by atoms with Crippen LogP contribution in [0.5, 0.6) is 0 Å². The summed E-state index contributed by atoms with van der Waals surface area (Å²) in [6.45, 7) is 1.53. The van der Waals surface area contributed by atoms with Crippen LogP contribution in [0.2, 0.25) is 0 Å². The minimum Gasteiger partial charge on any atom is -0.383 e. The van der Waals surface area contributed by atoms with Crippen LogP contribution in [0.1, 0.15) is 25.0 Å². The van der Waals surface area contributed by atoms with E-state index < -0.39 is 0 Å². The number of fused-ring (bicyclic) bond motifs is 1. The van der Waals surface area contributed by atoms with Crippen molar-refractivity contribution >= 4 is 5.69 Å². The SMILES string of the molecule is C#CCCCn1nc2c(cc1=O)NCCC2. The molecule has 0 fully saturated rings. The standard InChI is InChI=1S/C12H15N3O/c1-2-3-4-8-15-12(16)9-11-10(14-15)6-5-7-13-11/h1,9,13H,3-8H2. The highest BCUT2D eigenvalue weighted by molar-refractivity contribution is 5.48. The summed E-state index contributed by atoms with van der Waals surface area (Å²) in [6.07, 6.45) is 8.67. The van der Waals surface area contributed by atoms with E-state index >= 15 is 0 Å². The fourth-order valence-corrected chi connectivity index (χ4v) is 1.84. The third-order valence-corrected chi connectivity index (χ3v) is 2.67. The van der Waals surface area contributed by atoms with Crippen LogP contribution < -0.4 is 10.9 Å². The van der Waals surface area contributed by atoms with Gasteiger partial charge in [0.25, 0.3) is 5.56 Å². The van der Waals surface area contributed by atoms with E-state index in [1.54, 1.807) is 6.07 Å². The number of nitrogens with zero attached hydrogens (tertiary/aromatic N) is 2. The van der Waals surface area contributed by atoms with Gasteiger partial charge < -0.3 is 5.32 Å². The predicted molar refractivity (Wildman–Crippen MR) is 63.4 cm³/mol. The Morgan fingerprint density at radius 2 is 2.50 bits per heavy atom. The van der Waals surface area contributed by atoms with Gasteiger partial charge in [-0.2, -0.15) is 5.10 Å². The van der Waals surface area contributed by atoms with Crippen molar-refractivity contribution in [3.63, 3.8) is 0 Å². The lowest BCUT2D eigenvalue weighted by molar-refractivity contribution is 0.539. The third kappa shape index (κ3) is 2.25. The number of rotatable bonds is 3. The summed E-state index contributed by atoms with van der Waals surface area (Å²) in [7, 11) is 0. The van der Waals surface area contributed by atoms with E-state index in [0.29, 0.717) is 13.0 Å². The van der Waals surface area contributed by atoms with Crippen molar-refractivity contribution < 1.29 is 0 Å². The highest BCUT2D eigenvalue weighted by atomic mass is 16.1. The van der Waals surface area contributed by atoms with Crippen molar-refractivity contribution in [1.29, 1.82) is 0 Å². The van der Waals surface area contributed by atoms with Crippen LogP contribution >= 0.6 is 0 Å². The fourth-order valence-electron chi connectivity index (χ4n) is 1.84. The van der Waals surface area contributed by atoms with Crippen molar-refractivity contribution in [3.05, 3.63) is 22.1 Å². The monoisotopic (exact) mass is 217 g/mol. The van der Waals surface area contributed by atoms with E-state index in [2.05, 4.69) is 16.3 Å². The molecule has 1 aliphatic heterocycles. The smallest absolute Gasteiger partial charge is 0.268 e. The van der Waals surface area contributed by atoms with Crippen LogP contribution in [0.3, 0.4) is 0 Å². The van der Waals surface area contributed by atoms with E-state index in [1.165, 1.54) is 4.68 Å². The first-order valence-corrected chi connectivity index (χ1v) is 5.59. The van der Waals surface area contributed by atoms with Gasteiger partial charge in [-0.1, -0.05) is 0 Å². The number of hydrogen-bond donors (Lipinski definition) is 1. The highest BCUT2D eigenvalue weighted by Crippen LogP contribution is 2.16. The summed E-state index contributed by atoms with van der Waals surface area (Å²) in [5.41, 5.74) is 1.83. The van der Waals surface area contributed by atoms with Crippen molar-refractivity contribution in [3.8, 4) is 12.3 Å². The molecule has 4 heteroatoms. The molecule has 0 aliphatic carbocycles. The molecular formula is C12H15N3O. The van der Waals surface area contributed by atoms with Gasteiger partial charge in [0.05, 0.1) is 11.4 Å². The van der Waals surface area contributed by atoms with Crippen LogP contribution in [0.4, 0.5) is 5.69 Å². The molecule has 0 amide bonds. The van der Waals surface area contributed by atoms with Crippen molar-refractivity contribution in [2.75, 3.05) is 11.9 Å². The number of nitrogens with one attached hydrogen (secondary N) is 1. The Kier molecular flexibility index (Phi) is 3.25. The molecule has 0 atom stereocenters. The van der Waals surface area contributed by atoms with E-state index in [1.807, 2.05) is 0 Å². The van der Waals surface area contributed by atoms with E-state index in [0.717, 1.165) is 37.2 Å². The van der Waals surface area contributed by atoms with Gasteiger partial charge in [0.15, 0.2) is 0 Å². The quantitative estimate of drug-likeness (QED) is 0.607. The molecule has 0 saturated heterocycles. The average Bonchev–Trinajstić information content (AvgIpc) is 2.30. The number of terminal acetylenes is 1. The second kappa shape index (κ2) is 4.84. The average molecular weight is 217 g/mol. The van der Waals surface area contributed by atoms with Gasteiger partial charge in [0, 0.05) is 25.6 Å². The maximum absolute atomic E-state index is 11.7. The molecule has 1 aromatic heterocycles. The molecule has 0 radical (unpaired) electrons. The lowest BCUT2D eigenvalue weighted by atomic mass is 10.1. The van der Waals surface area contributed by atoms with Crippen LogP contribution in [-0.2, 0) is 13.0 Å². The maximum atomic E-state index is 11.7. The summed E-state index contributed by atoms with van der Waals surface area (Å²) in [5.74, 6) is 2.56. The zero-order valence-electron chi connectivity index (χ0n) is 9.20. The van der Waals surface area contributed by atoms with Crippen LogP contribution in [0, 0.1) is 12.3 Å². The number of unbranched alkanes of at least 4 members (excludes halogenated alkanes) is 1. The van der Waals surface area contributed by atoms with Gasteiger partial charge in [-0.3, -0.25) is 4.79 Å². The zero-order chi connectivity index (χ0) is 11.4. The molecule has 2 rings (SSSR count). The second-order valence-electron chi connectivity index (χ2n) is 3.90. The normalized spacial score (nSPS) is 13.7. The Labute approximate surface area is 94.7 Å². The zero-order valence-corrected chi connectivity index (χ0v) is 9.20. The van der Waals surface area contributed by atoms with Gasteiger partial charge in [-0.15, -0.1) is 12.3 Å². The number of aryl methyl sites for hydroxylation is 2. The second-order valence-corrected chi connectivity index (χ2v) is 3.90. The van der Waals surface area contributed by atoms with Gasteiger partial charge in [-0.05, 0) is 19.3 Å². The third-order valence-electron chi connectivity index (χ3n) is 2.67. The first-order chi connectivity index (χ1) is 7.81. The predicted octanol–water partition coefficient (Wildman–Crippen LogP) is 1.01. The molecule has 4 nitrogen and oxygen atoms in total. The van der Waals surface area contributed by atoms with E-state index in [4.69, 9.17) is 6.42 Å². The Bertz CT molecular complexity index is 470. The Hall–Kier alpha value is -1.76. The molecular weight excluding hydrogens is 202 g/mol. The summed E-state index contributed by atoms with van der Waals surface area (Å²) in [4.78, 5) is 11.7. The number of anilines is 1. The van der Waals surface area contributed by atoms with Crippen molar-refractivity contribution in [2.45, 2.75) is 32.2 Å². The Balaban J connectivity index is 2.19. The summed E-state index contributed by atoms with van der Waals surface area (Å²) in [5, 5.41) is 7.55. The maximum Gasteiger partial charge on any atom is 0.268 e. The molecule has 1 aromatic rings. The largest absolute Gasteiger partial charge is 0.383 e. The fraction of sp³-hybridized carbons (Fsp3) is 0.500. The molecule has 2 heterocycles. The molecule has 0 bridgehead atoms. The van der Waals surface area contributed by atoms with Gasteiger partial charge in [-0.25, -0.2) is 4.68 Å².